The largest absolute Gasteiger partial charge is 1.00 e. The summed E-state index contributed by atoms with van der Waals surface area (Å²) >= 11 is -2.70. The third-order valence-electron chi connectivity index (χ3n) is 1.90. The first kappa shape index (κ1) is 17.5. The summed E-state index contributed by atoms with van der Waals surface area (Å²) in [6.45, 7) is 1.70. The first-order valence-electron chi connectivity index (χ1n) is 4.65. The number of esters is 1. The SMILES string of the molecule is CCOC(=O)c1cc(F)c(OC)c(S(=O)[O-])c1.[Na+]. The Kier molecular flexibility index (Phi) is 7.65. The van der Waals surface area contributed by atoms with Crippen LogP contribution in [0.15, 0.2) is 17.0 Å². The van der Waals surface area contributed by atoms with Crippen molar-refractivity contribution in [1.29, 1.82) is 0 Å². The van der Waals surface area contributed by atoms with Crippen molar-refractivity contribution in [2.24, 2.45) is 0 Å². The van der Waals surface area contributed by atoms with E-state index in [2.05, 4.69) is 9.47 Å². The minimum atomic E-state index is -2.70. The first-order chi connectivity index (χ1) is 8.01. The normalized spacial score (nSPS) is 11.3. The number of halogens is 1. The molecule has 0 saturated carbocycles. The van der Waals surface area contributed by atoms with Crippen molar-refractivity contribution in [2.75, 3.05) is 13.7 Å². The summed E-state index contributed by atoms with van der Waals surface area (Å²) in [6, 6.07) is 1.87. The van der Waals surface area contributed by atoms with E-state index in [1.54, 1.807) is 6.92 Å². The quantitative estimate of drug-likeness (QED) is 0.372. The number of hydrogen-bond acceptors (Lipinski definition) is 5. The molecule has 1 unspecified atom stereocenters. The minimum Gasteiger partial charge on any atom is -0.768 e. The van der Waals surface area contributed by atoms with Gasteiger partial charge in [0, 0.05) is 0 Å². The molecule has 0 saturated heterocycles. The molecule has 94 valence electrons. The summed E-state index contributed by atoms with van der Waals surface area (Å²) in [6.07, 6.45) is 0. The molecule has 0 bridgehead atoms. The average Bonchev–Trinajstić information content (AvgIpc) is 2.28. The van der Waals surface area contributed by atoms with E-state index in [0.29, 0.717) is 0 Å². The number of benzene rings is 1. The first-order valence-corrected chi connectivity index (χ1v) is 5.72. The molecule has 0 aliphatic carbocycles. The standard InChI is InChI=1S/C10H11FO5S.Na/c1-3-16-10(12)6-4-7(11)9(15-2)8(5-6)17(13)14;/h4-5H,3H2,1-2H3,(H,13,14);/q;+1/p-1. The fraction of sp³-hybridized carbons (Fsp3) is 0.300. The number of carbonyl (C=O) groups excluding carboxylic acids is 1. The Bertz CT molecular complexity index is 466. The fourth-order valence-corrected chi connectivity index (χ4v) is 1.78. The van der Waals surface area contributed by atoms with E-state index in [4.69, 9.17) is 0 Å². The van der Waals surface area contributed by atoms with Crippen molar-refractivity contribution in [3.8, 4) is 5.75 Å². The van der Waals surface area contributed by atoms with E-state index in [1.807, 2.05) is 0 Å². The van der Waals surface area contributed by atoms with Gasteiger partial charge in [-0.05, 0) is 30.1 Å². The monoisotopic (exact) mass is 284 g/mol. The number of rotatable bonds is 4. The van der Waals surface area contributed by atoms with Crippen LogP contribution in [-0.4, -0.2) is 28.4 Å². The summed E-state index contributed by atoms with van der Waals surface area (Å²) in [4.78, 5) is 10.9. The Hall–Kier alpha value is -0.470. The maximum atomic E-state index is 13.5. The predicted molar refractivity (Wildman–Crippen MR) is 56.1 cm³/mol. The van der Waals surface area contributed by atoms with Gasteiger partial charge in [-0.25, -0.2) is 9.18 Å². The van der Waals surface area contributed by atoms with Gasteiger partial charge in [0.2, 0.25) is 0 Å². The summed E-state index contributed by atoms with van der Waals surface area (Å²) in [5.74, 6) is -2.15. The maximum Gasteiger partial charge on any atom is 1.00 e. The van der Waals surface area contributed by atoms with Crippen LogP contribution in [0.4, 0.5) is 4.39 Å². The van der Waals surface area contributed by atoms with Crippen molar-refractivity contribution in [2.45, 2.75) is 11.8 Å². The molecule has 0 radical (unpaired) electrons. The van der Waals surface area contributed by atoms with Crippen molar-refractivity contribution in [3.05, 3.63) is 23.5 Å². The molecule has 0 amide bonds. The smallest absolute Gasteiger partial charge is 0.768 e. The van der Waals surface area contributed by atoms with Crippen LogP contribution >= 0.6 is 0 Å². The molecule has 1 atom stereocenters. The second kappa shape index (κ2) is 7.85. The molecule has 0 heterocycles. The second-order valence-corrected chi connectivity index (χ2v) is 3.85. The third kappa shape index (κ3) is 4.03. The summed E-state index contributed by atoms with van der Waals surface area (Å²) in [7, 11) is 1.14. The zero-order valence-corrected chi connectivity index (χ0v) is 13.0. The molecule has 0 N–H and O–H groups in total. The van der Waals surface area contributed by atoms with Crippen LogP contribution in [0, 0.1) is 5.82 Å². The van der Waals surface area contributed by atoms with E-state index in [-0.39, 0.29) is 41.7 Å². The molecule has 0 fully saturated rings. The Morgan fingerprint density at radius 1 is 1.50 bits per heavy atom. The molecule has 1 aromatic carbocycles. The van der Waals surface area contributed by atoms with Gasteiger partial charge in [-0.15, -0.1) is 0 Å². The average molecular weight is 284 g/mol. The zero-order valence-electron chi connectivity index (χ0n) is 10.2. The van der Waals surface area contributed by atoms with Gasteiger partial charge in [0.25, 0.3) is 0 Å². The van der Waals surface area contributed by atoms with Gasteiger partial charge in [0.1, 0.15) is 0 Å². The molecule has 0 spiro atoms. The Balaban J connectivity index is 0.00000289. The van der Waals surface area contributed by atoms with Gasteiger partial charge in [0.15, 0.2) is 11.6 Å². The van der Waals surface area contributed by atoms with Crippen LogP contribution in [0.3, 0.4) is 0 Å². The van der Waals surface area contributed by atoms with Gasteiger partial charge in [-0.3, -0.25) is 4.21 Å². The second-order valence-electron chi connectivity index (χ2n) is 2.94. The topological polar surface area (TPSA) is 75.7 Å². The number of carbonyl (C=O) groups is 1. The number of hydrogen-bond donors (Lipinski definition) is 0. The van der Waals surface area contributed by atoms with E-state index in [1.165, 1.54) is 0 Å². The molecule has 0 aliphatic rings. The Morgan fingerprint density at radius 2 is 2.11 bits per heavy atom. The molecule has 18 heavy (non-hydrogen) atoms. The Morgan fingerprint density at radius 3 is 2.56 bits per heavy atom. The van der Waals surface area contributed by atoms with Crippen molar-refractivity contribution < 1.29 is 57.0 Å². The van der Waals surface area contributed by atoms with Gasteiger partial charge in [-0.1, -0.05) is 0 Å². The predicted octanol–water partition coefficient (Wildman–Crippen LogP) is -1.75. The van der Waals surface area contributed by atoms with E-state index >= 15 is 0 Å². The summed E-state index contributed by atoms with van der Waals surface area (Å²) in [5.41, 5.74) is -0.177. The van der Waals surface area contributed by atoms with Crippen molar-refractivity contribution in [1.82, 2.24) is 0 Å². The van der Waals surface area contributed by atoms with E-state index < -0.39 is 33.5 Å². The summed E-state index contributed by atoms with van der Waals surface area (Å²) in [5, 5.41) is 0. The van der Waals surface area contributed by atoms with Crippen LogP contribution in [0.25, 0.3) is 0 Å². The van der Waals surface area contributed by atoms with Gasteiger partial charge < -0.3 is 14.0 Å². The molecule has 0 aliphatic heterocycles. The summed E-state index contributed by atoms with van der Waals surface area (Å²) < 4.78 is 44.5. The molecule has 0 aromatic heterocycles. The van der Waals surface area contributed by atoms with Crippen LogP contribution < -0.4 is 34.3 Å². The van der Waals surface area contributed by atoms with Crippen LogP contribution in [-0.2, 0) is 15.8 Å². The zero-order chi connectivity index (χ0) is 13.0. The minimum absolute atomic E-state index is 0. The van der Waals surface area contributed by atoms with E-state index in [0.717, 1.165) is 19.2 Å². The van der Waals surface area contributed by atoms with Gasteiger partial charge in [0.05, 0.1) is 24.2 Å². The molecular weight excluding hydrogens is 274 g/mol. The number of ether oxygens (including phenoxy) is 2. The maximum absolute atomic E-state index is 13.5. The molecule has 1 rings (SSSR count). The van der Waals surface area contributed by atoms with Gasteiger partial charge in [-0.2, -0.15) is 0 Å². The number of methoxy groups -OCH3 is 1. The third-order valence-corrected chi connectivity index (χ3v) is 2.57. The van der Waals surface area contributed by atoms with E-state index in [9.17, 15) is 17.9 Å². The molecule has 8 heteroatoms. The van der Waals surface area contributed by atoms with Crippen molar-refractivity contribution in [3.63, 3.8) is 0 Å². The molecule has 1 aromatic rings. The van der Waals surface area contributed by atoms with Crippen LogP contribution in [0.1, 0.15) is 17.3 Å². The Labute approximate surface area is 128 Å². The molecular formula is C10H10FNaO5S. The van der Waals surface area contributed by atoms with Crippen molar-refractivity contribution >= 4 is 17.0 Å². The van der Waals surface area contributed by atoms with Gasteiger partial charge >= 0.3 is 35.5 Å². The molecule has 5 nitrogen and oxygen atoms in total. The van der Waals surface area contributed by atoms with Crippen LogP contribution in [0.2, 0.25) is 0 Å². The fourth-order valence-electron chi connectivity index (χ4n) is 1.22. The van der Waals surface area contributed by atoms with Crippen LogP contribution in [0.5, 0.6) is 5.75 Å².